The molecular weight excluding hydrogens is 231 g/mol. The molecule has 0 aromatic carbocycles. The van der Waals surface area contributed by atoms with Crippen LogP contribution in [0.5, 0.6) is 0 Å². The highest BCUT2D eigenvalue weighted by Crippen LogP contribution is 2.34. The Balaban J connectivity index is 4.60. The fourth-order valence-corrected chi connectivity index (χ4v) is 1.37. The van der Waals surface area contributed by atoms with Gasteiger partial charge in [-0.25, -0.2) is 4.79 Å². The number of hydrogen-bond donors (Lipinski definition) is 2. The molecule has 6 heteroatoms. The van der Waals surface area contributed by atoms with Crippen LogP contribution in [0.25, 0.3) is 0 Å². The molecule has 0 aromatic rings. The number of carbonyl (C=O) groups excluding carboxylic acids is 1. The number of carbonyl (C=O) groups is 1. The van der Waals surface area contributed by atoms with Crippen LogP contribution in [0.1, 0.15) is 27.7 Å². The van der Waals surface area contributed by atoms with Gasteiger partial charge in [0, 0.05) is 5.57 Å². The Morgan fingerprint density at radius 3 is 2.12 bits per heavy atom. The van der Waals surface area contributed by atoms with Crippen molar-refractivity contribution in [1.82, 2.24) is 0 Å². The van der Waals surface area contributed by atoms with Crippen LogP contribution in [-0.4, -0.2) is 22.1 Å². The summed E-state index contributed by atoms with van der Waals surface area (Å²) in [7, 11) is -4.29. The van der Waals surface area contributed by atoms with Gasteiger partial charge in [0.15, 0.2) is 6.35 Å². The first kappa shape index (κ1) is 15.4. The first-order chi connectivity index (χ1) is 7.13. The smallest absolute Gasteiger partial charge is 0.362 e. The van der Waals surface area contributed by atoms with E-state index >= 15 is 0 Å². The van der Waals surface area contributed by atoms with Gasteiger partial charge in [-0.2, -0.15) is 0 Å². The second-order valence-corrected chi connectivity index (χ2v) is 5.83. The summed E-state index contributed by atoms with van der Waals surface area (Å²) in [5.74, 6) is -0.515. The molecule has 16 heavy (non-hydrogen) atoms. The molecule has 0 aliphatic heterocycles. The molecule has 5 nitrogen and oxygen atoms in total. The van der Waals surface area contributed by atoms with Gasteiger partial charge in [0.05, 0.1) is 0 Å². The predicted octanol–water partition coefficient (Wildman–Crippen LogP) is 1.90. The normalized spacial score (nSPS) is 13.4. The third-order valence-corrected chi connectivity index (χ3v) is 2.20. The van der Waals surface area contributed by atoms with Crippen molar-refractivity contribution in [2.75, 3.05) is 6.35 Å². The average Bonchev–Trinajstić information content (AvgIpc) is 2.08. The summed E-state index contributed by atoms with van der Waals surface area (Å²) in [5, 5.41) is 0. The van der Waals surface area contributed by atoms with Crippen LogP contribution in [0.3, 0.4) is 0 Å². The van der Waals surface area contributed by atoms with Crippen molar-refractivity contribution < 1.29 is 23.9 Å². The van der Waals surface area contributed by atoms with E-state index in [-0.39, 0.29) is 11.8 Å². The van der Waals surface area contributed by atoms with E-state index < -0.39 is 19.9 Å². The molecular formula is C10H19O5P. The van der Waals surface area contributed by atoms with E-state index in [1.54, 1.807) is 6.08 Å². The highest BCUT2D eigenvalue weighted by Gasteiger charge is 2.20. The summed E-state index contributed by atoms with van der Waals surface area (Å²) in [6, 6.07) is 0. The molecule has 0 aliphatic rings. The molecule has 2 N–H and O–H groups in total. The van der Waals surface area contributed by atoms with Crippen molar-refractivity contribution in [2.24, 2.45) is 11.8 Å². The summed E-state index contributed by atoms with van der Waals surface area (Å²) in [5.41, 5.74) is 0.448. The number of rotatable bonds is 5. The molecule has 0 radical (unpaired) electrons. The molecule has 0 rings (SSSR count). The molecule has 94 valence electrons. The molecule has 0 saturated heterocycles. The van der Waals surface area contributed by atoms with Gasteiger partial charge in [0.2, 0.25) is 0 Å². The van der Waals surface area contributed by atoms with Crippen LogP contribution in [0.15, 0.2) is 11.6 Å². The van der Waals surface area contributed by atoms with E-state index in [1.807, 2.05) is 27.7 Å². The number of hydrogen-bond acceptors (Lipinski definition) is 3. The number of allylic oxidation sites excluding steroid dienone is 1. The fraction of sp³-hybridized carbons (Fsp3) is 0.700. The van der Waals surface area contributed by atoms with Gasteiger partial charge >= 0.3 is 13.6 Å². The first-order valence-corrected chi connectivity index (χ1v) is 6.86. The Bertz CT molecular complexity index is 313. The summed E-state index contributed by atoms with van der Waals surface area (Å²) in [4.78, 5) is 28.7. The number of esters is 1. The average molecular weight is 250 g/mol. The van der Waals surface area contributed by atoms with E-state index in [2.05, 4.69) is 4.74 Å². The second kappa shape index (κ2) is 6.18. The summed E-state index contributed by atoms with van der Waals surface area (Å²) < 4.78 is 15.1. The lowest BCUT2D eigenvalue weighted by Gasteiger charge is -2.12. The molecule has 0 aromatic heterocycles. The van der Waals surface area contributed by atoms with Crippen molar-refractivity contribution >= 4 is 13.6 Å². The van der Waals surface area contributed by atoms with Gasteiger partial charge in [0.25, 0.3) is 0 Å². The largest absolute Gasteiger partial charge is 0.449 e. The molecule has 0 fully saturated rings. The van der Waals surface area contributed by atoms with Crippen molar-refractivity contribution in [2.45, 2.75) is 27.7 Å². The highest BCUT2D eigenvalue weighted by molar-refractivity contribution is 7.51. The third-order valence-electron chi connectivity index (χ3n) is 1.73. The Morgan fingerprint density at radius 2 is 1.81 bits per heavy atom. The van der Waals surface area contributed by atoms with Crippen LogP contribution in [-0.2, 0) is 14.1 Å². The second-order valence-electron chi connectivity index (χ2n) is 4.25. The minimum atomic E-state index is -4.29. The molecule has 0 heterocycles. The van der Waals surface area contributed by atoms with E-state index in [9.17, 15) is 9.36 Å². The van der Waals surface area contributed by atoms with Gasteiger partial charge in [-0.15, -0.1) is 0 Å². The zero-order chi connectivity index (χ0) is 12.9. The fourth-order valence-electron chi connectivity index (χ4n) is 1.08. The lowest BCUT2D eigenvalue weighted by Crippen LogP contribution is -2.14. The zero-order valence-corrected chi connectivity index (χ0v) is 10.9. The molecule has 0 amide bonds. The summed E-state index contributed by atoms with van der Waals surface area (Å²) >= 11 is 0. The van der Waals surface area contributed by atoms with Crippen LogP contribution in [0.4, 0.5) is 0 Å². The van der Waals surface area contributed by atoms with E-state index in [4.69, 9.17) is 9.79 Å². The maximum Gasteiger partial charge on any atom is 0.362 e. The minimum absolute atomic E-state index is 0.0355. The molecule has 0 atom stereocenters. The summed E-state index contributed by atoms with van der Waals surface area (Å²) in [6.45, 7) is 7.48. The molecule has 0 unspecified atom stereocenters. The molecule has 0 bridgehead atoms. The van der Waals surface area contributed by atoms with Crippen LogP contribution >= 0.6 is 7.60 Å². The Morgan fingerprint density at radius 1 is 1.31 bits per heavy atom. The van der Waals surface area contributed by atoms with Gasteiger partial charge < -0.3 is 14.5 Å². The molecule has 0 spiro atoms. The predicted molar refractivity (Wildman–Crippen MR) is 60.8 cm³/mol. The number of ether oxygens (including phenoxy) is 1. The first-order valence-electron chi connectivity index (χ1n) is 5.07. The Labute approximate surface area is 95.7 Å². The van der Waals surface area contributed by atoms with Gasteiger partial charge in [-0.3, -0.25) is 4.57 Å². The SMILES string of the molecule is CC(C)C=C(C(=O)OCP(=O)(O)O)C(C)C. The van der Waals surface area contributed by atoms with Gasteiger partial charge in [-0.05, 0) is 11.8 Å². The van der Waals surface area contributed by atoms with E-state index in [0.717, 1.165) is 0 Å². The van der Waals surface area contributed by atoms with E-state index in [0.29, 0.717) is 5.57 Å². The van der Waals surface area contributed by atoms with Crippen LogP contribution in [0, 0.1) is 11.8 Å². The van der Waals surface area contributed by atoms with Crippen LogP contribution in [0.2, 0.25) is 0 Å². The maximum absolute atomic E-state index is 11.5. The standard InChI is InChI=1S/C10H19O5P/c1-7(2)5-9(8(3)4)10(11)15-6-16(12,13)14/h5,7-8H,6H2,1-4H3,(H2,12,13,14). The Hall–Kier alpha value is -0.640. The third kappa shape index (κ3) is 6.77. The van der Waals surface area contributed by atoms with Gasteiger partial charge in [-0.1, -0.05) is 33.8 Å². The maximum atomic E-state index is 11.5. The van der Waals surface area contributed by atoms with Crippen molar-refractivity contribution in [3.8, 4) is 0 Å². The zero-order valence-electron chi connectivity index (χ0n) is 10.0. The lowest BCUT2D eigenvalue weighted by atomic mass is 9.99. The minimum Gasteiger partial charge on any atom is -0.449 e. The van der Waals surface area contributed by atoms with Crippen LogP contribution < -0.4 is 0 Å². The quantitative estimate of drug-likeness (QED) is 0.442. The van der Waals surface area contributed by atoms with E-state index in [1.165, 1.54) is 0 Å². The molecule has 0 saturated carbocycles. The van der Waals surface area contributed by atoms with Crippen molar-refractivity contribution in [3.63, 3.8) is 0 Å². The lowest BCUT2D eigenvalue weighted by molar-refractivity contribution is -0.138. The molecule has 0 aliphatic carbocycles. The van der Waals surface area contributed by atoms with Crippen molar-refractivity contribution in [3.05, 3.63) is 11.6 Å². The Kier molecular flexibility index (Phi) is 5.94. The van der Waals surface area contributed by atoms with Crippen molar-refractivity contribution in [1.29, 1.82) is 0 Å². The topological polar surface area (TPSA) is 83.8 Å². The summed E-state index contributed by atoms with van der Waals surface area (Å²) in [6.07, 6.45) is 0.876. The highest BCUT2D eigenvalue weighted by atomic mass is 31.2. The van der Waals surface area contributed by atoms with Gasteiger partial charge in [0.1, 0.15) is 0 Å². The monoisotopic (exact) mass is 250 g/mol.